The van der Waals surface area contributed by atoms with E-state index in [0.717, 1.165) is 25.3 Å². The van der Waals surface area contributed by atoms with Crippen LogP contribution in [-0.4, -0.2) is 23.8 Å². The highest BCUT2D eigenvalue weighted by Gasteiger charge is 2.27. The van der Waals surface area contributed by atoms with Crippen molar-refractivity contribution in [2.75, 3.05) is 6.54 Å². The van der Waals surface area contributed by atoms with E-state index in [2.05, 4.69) is 26.1 Å². The Hall–Kier alpha value is -0.0800. The second kappa shape index (κ2) is 5.72. The molecule has 1 fully saturated rings. The van der Waals surface area contributed by atoms with E-state index in [1.165, 1.54) is 12.8 Å². The molecule has 2 nitrogen and oxygen atoms in total. The van der Waals surface area contributed by atoms with Gasteiger partial charge in [0.15, 0.2) is 0 Å². The Labute approximate surface area is 88.1 Å². The van der Waals surface area contributed by atoms with Crippen LogP contribution < -0.4 is 5.32 Å². The van der Waals surface area contributed by atoms with Gasteiger partial charge in [-0.25, -0.2) is 0 Å². The topological polar surface area (TPSA) is 32.3 Å². The number of hydrogen-bond donors (Lipinski definition) is 2. The molecule has 2 N–H and O–H groups in total. The number of hydrogen-bond acceptors (Lipinski definition) is 2. The summed E-state index contributed by atoms with van der Waals surface area (Å²) >= 11 is 0. The molecule has 1 heterocycles. The van der Waals surface area contributed by atoms with Crippen molar-refractivity contribution in [1.82, 2.24) is 5.32 Å². The molecule has 1 saturated heterocycles. The first-order chi connectivity index (χ1) is 6.65. The smallest absolute Gasteiger partial charge is 0.0718 e. The second-order valence-electron chi connectivity index (χ2n) is 4.95. The molecule has 1 aliphatic rings. The molecular formula is C12H25NO. The van der Waals surface area contributed by atoms with Gasteiger partial charge in [-0.15, -0.1) is 0 Å². The van der Waals surface area contributed by atoms with Crippen LogP contribution in [0.2, 0.25) is 0 Å². The molecule has 0 aromatic carbocycles. The Kier molecular flexibility index (Phi) is 4.90. The predicted molar refractivity (Wildman–Crippen MR) is 60.3 cm³/mol. The third kappa shape index (κ3) is 3.25. The van der Waals surface area contributed by atoms with Crippen LogP contribution in [0.3, 0.4) is 0 Å². The minimum Gasteiger partial charge on any atom is -0.391 e. The van der Waals surface area contributed by atoms with E-state index in [9.17, 15) is 5.11 Å². The molecule has 0 saturated carbocycles. The van der Waals surface area contributed by atoms with Crippen LogP contribution in [0.15, 0.2) is 0 Å². The average molecular weight is 199 g/mol. The third-order valence-corrected chi connectivity index (χ3v) is 3.44. The van der Waals surface area contributed by atoms with E-state index < -0.39 is 0 Å². The van der Waals surface area contributed by atoms with Gasteiger partial charge in [0.2, 0.25) is 0 Å². The zero-order valence-electron chi connectivity index (χ0n) is 9.79. The van der Waals surface area contributed by atoms with Gasteiger partial charge in [-0.3, -0.25) is 0 Å². The lowest BCUT2D eigenvalue weighted by atomic mass is 9.85. The summed E-state index contributed by atoms with van der Waals surface area (Å²) in [6.07, 6.45) is 4.53. The monoisotopic (exact) mass is 199 g/mol. The number of aliphatic hydroxyl groups is 1. The summed E-state index contributed by atoms with van der Waals surface area (Å²) in [5.74, 6) is 1.20. The number of nitrogens with one attached hydrogen (secondary N) is 1. The second-order valence-corrected chi connectivity index (χ2v) is 4.95. The zero-order valence-corrected chi connectivity index (χ0v) is 9.79. The number of piperidine rings is 1. The normalized spacial score (nSPS) is 32.6. The highest BCUT2D eigenvalue weighted by Crippen LogP contribution is 2.22. The van der Waals surface area contributed by atoms with Gasteiger partial charge in [0.05, 0.1) is 6.10 Å². The maximum absolute atomic E-state index is 10.1. The molecule has 84 valence electrons. The highest BCUT2D eigenvalue weighted by atomic mass is 16.3. The quantitative estimate of drug-likeness (QED) is 0.727. The fourth-order valence-electron chi connectivity index (χ4n) is 2.43. The maximum atomic E-state index is 10.1. The van der Waals surface area contributed by atoms with E-state index >= 15 is 0 Å². The van der Waals surface area contributed by atoms with Crippen LogP contribution in [-0.2, 0) is 0 Å². The Morgan fingerprint density at radius 1 is 1.50 bits per heavy atom. The zero-order chi connectivity index (χ0) is 10.6. The fourth-order valence-corrected chi connectivity index (χ4v) is 2.43. The van der Waals surface area contributed by atoms with Gasteiger partial charge in [0.25, 0.3) is 0 Å². The summed E-state index contributed by atoms with van der Waals surface area (Å²) in [6.45, 7) is 7.70. The fraction of sp³-hybridized carbons (Fsp3) is 1.00. The Balaban J connectivity index is 2.38. The lowest BCUT2D eigenvalue weighted by molar-refractivity contribution is 0.0531. The summed E-state index contributed by atoms with van der Waals surface area (Å²) < 4.78 is 0. The van der Waals surface area contributed by atoms with Gasteiger partial charge in [0.1, 0.15) is 0 Å². The number of rotatable bonds is 4. The summed E-state index contributed by atoms with van der Waals surface area (Å²) in [4.78, 5) is 0. The first-order valence-corrected chi connectivity index (χ1v) is 6.06. The molecule has 4 atom stereocenters. The van der Waals surface area contributed by atoms with Gasteiger partial charge in [-0.2, -0.15) is 0 Å². The van der Waals surface area contributed by atoms with Crippen LogP contribution in [0, 0.1) is 11.8 Å². The predicted octanol–water partition coefficient (Wildman–Crippen LogP) is 2.17. The van der Waals surface area contributed by atoms with E-state index in [0.29, 0.717) is 12.0 Å². The van der Waals surface area contributed by atoms with Crippen LogP contribution in [0.1, 0.15) is 46.5 Å². The third-order valence-electron chi connectivity index (χ3n) is 3.44. The Morgan fingerprint density at radius 3 is 2.79 bits per heavy atom. The molecule has 0 aromatic rings. The average Bonchev–Trinajstić information content (AvgIpc) is 2.17. The van der Waals surface area contributed by atoms with Gasteiger partial charge >= 0.3 is 0 Å². The van der Waals surface area contributed by atoms with E-state index in [4.69, 9.17) is 0 Å². The molecule has 0 radical (unpaired) electrons. The van der Waals surface area contributed by atoms with Crippen LogP contribution in [0.4, 0.5) is 0 Å². The molecule has 1 aliphatic heterocycles. The van der Waals surface area contributed by atoms with Crippen molar-refractivity contribution in [1.29, 1.82) is 0 Å². The van der Waals surface area contributed by atoms with E-state index in [-0.39, 0.29) is 6.10 Å². The first kappa shape index (κ1) is 12.0. The minimum atomic E-state index is -0.155. The van der Waals surface area contributed by atoms with E-state index in [1.54, 1.807) is 0 Å². The molecule has 0 aliphatic carbocycles. The summed E-state index contributed by atoms with van der Waals surface area (Å²) in [5.41, 5.74) is 0. The van der Waals surface area contributed by atoms with Gasteiger partial charge in [-0.1, -0.05) is 27.2 Å². The Morgan fingerprint density at radius 2 is 2.21 bits per heavy atom. The van der Waals surface area contributed by atoms with Crippen molar-refractivity contribution in [3.05, 3.63) is 0 Å². The first-order valence-electron chi connectivity index (χ1n) is 6.06. The molecule has 0 aromatic heterocycles. The lowest BCUT2D eigenvalue weighted by Crippen LogP contribution is -2.47. The molecule has 4 unspecified atom stereocenters. The minimum absolute atomic E-state index is 0.155. The number of aliphatic hydroxyl groups excluding tert-OH is 1. The summed E-state index contributed by atoms with van der Waals surface area (Å²) in [6, 6.07) is 0.334. The molecule has 0 bridgehead atoms. The molecule has 1 rings (SSSR count). The highest BCUT2D eigenvalue weighted by molar-refractivity contribution is 4.84. The molecule has 14 heavy (non-hydrogen) atoms. The van der Waals surface area contributed by atoms with E-state index in [1.807, 2.05) is 0 Å². The summed E-state index contributed by atoms with van der Waals surface area (Å²) in [7, 11) is 0. The molecule has 2 heteroatoms. The molecule has 0 amide bonds. The summed E-state index contributed by atoms with van der Waals surface area (Å²) in [5, 5.41) is 13.6. The molecule has 0 spiro atoms. The van der Waals surface area contributed by atoms with Crippen LogP contribution in [0.5, 0.6) is 0 Å². The SMILES string of the molecule is CCCC(C)C(O)C1CC(C)CCN1. The van der Waals surface area contributed by atoms with Crippen molar-refractivity contribution in [2.24, 2.45) is 11.8 Å². The standard InChI is InChI=1S/C12H25NO/c1-4-5-10(3)12(14)11-8-9(2)6-7-13-11/h9-14H,4-8H2,1-3H3. The lowest BCUT2D eigenvalue weighted by Gasteiger charge is -2.34. The van der Waals surface area contributed by atoms with Crippen molar-refractivity contribution in [3.8, 4) is 0 Å². The van der Waals surface area contributed by atoms with Gasteiger partial charge < -0.3 is 10.4 Å². The van der Waals surface area contributed by atoms with Gasteiger partial charge in [-0.05, 0) is 37.6 Å². The Bertz CT molecular complexity index is 160. The van der Waals surface area contributed by atoms with Crippen LogP contribution in [0.25, 0.3) is 0 Å². The van der Waals surface area contributed by atoms with Crippen molar-refractivity contribution in [2.45, 2.75) is 58.6 Å². The van der Waals surface area contributed by atoms with Crippen molar-refractivity contribution in [3.63, 3.8) is 0 Å². The largest absolute Gasteiger partial charge is 0.391 e. The maximum Gasteiger partial charge on any atom is 0.0718 e. The van der Waals surface area contributed by atoms with Crippen molar-refractivity contribution < 1.29 is 5.11 Å². The molecular weight excluding hydrogens is 174 g/mol. The van der Waals surface area contributed by atoms with Gasteiger partial charge in [0, 0.05) is 6.04 Å². The van der Waals surface area contributed by atoms with Crippen LogP contribution >= 0.6 is 0 Å². The van der Waals surface area contributed by atoms with Crippen molar-refractivity contribution >= 4 is 0 Å².